The largest absolute Gasteiger partial charge is 0.497 e. The third-order valence-electron chi connectivity index (χ3n) is 3.96. The summed E-state index contributed by atoms with van der Waals surface area (Å²) in [6, 6.07) is 7.98. The molecule has 0 aliphatic heterocycles. The highest BCUT2D eigenvalue weighted by Crippen LogP contribution is 2.16. The first-order chi connectivity index (χ1) is 13.1. The average molecular weight is 518 g/mol. The van der Waals surface area contributed by atoms with Crippen molar-refractivity contribution in [1.82, 2.24) is 15.6 Å². The third kappa shape index (κ3) is 8.74. The van der Waals surface area contributed by atoms with Crippen molar-refractivity contribution in [3.05, 3.63) is 45.4 Å². The maximum atomic E-state index is 5.40. The van der Waals surface area contributed by atoms with Gasteiger partial charge in [0.2, 0.25) is 0 Å². The first-order valence-electron chi connectivity index (χ1n) is 9.28. The zero-order valence-electron chi connectivity index (χ0n) is 17.1. The van der Waals surface area contributed by atoms with Gasteiger partial charge in [0.05, 0.1) is 30.9 Å². The maximum absolute atomic E-state index is 5.40. The van der Waals surface area contributed by atoms with Gasteiger partial charge in [-0.15, -0.1) is 35.3 Å². The van der Waals surface area contributed by atoms with Crippen molar-refractivity contribution < 1.29 is 9.47 Å². The van der Waals surface area contributed by atoms with E-state index in [4.69, 9.17) is 14.5 Å². The Hall–Kier alpha value is -1.39. The van der Waals surface area contributed by atoms with Gasteiger partial charge in [0.1, 0.15) is 5.75 Å². The highest BCUT2D eigenvalue weighted by molar-refractivity contribution is 14.0. The van der Waals surface area contributed by atoms with E-state index in [1.807, 2.05) is 45.0 Å². The van der Waals surface area contributed by atoms with Crippen LogP contribution in [0.4, 0.5) is 0 Å². The number of nitrogens with zero attached hydrogens (tertiary/aromatic N) is 2. The summed E-state index contributed by atoms with van der Waals surface area (Å²) in [5.41, 5.74) is 2.21. The van der Waals surface area contributed by atoms with E-state index < -0.39 is 0 Å². The Bertz CT molecular complexity index is 719. The van der Waals surface area contributed by atoms with Crippen molar-refractivity contribution in [3.8, 4) is 5.75 Å². The number of methoxy groups -OCH3 is 1. The lowest BCUT2D eigenvalue weighted by Gasteiger charge is -2.12. The van der Waals surface area contributed by atoms with Crippen molar-refractivity contribution in [2.75, 3.05) is 26.9 Å². The summed E-state index contributed by atoms with van der Waals surface area (Å²) in [5.74, 6) is 1.65. The molecule has 0 saturated heterocycles. The first-order valence-corrected chi connectivity index (χ1v) is 10.1. The van der Waals surface area contributed by atoms with Crippen molar-refractivity contribution in [2.24, 2.45) is 4.99 Å². The topological polar surface area (TPSA) is 67.8 Å². The van der Waals surface area contributed by atoms with Gasteiger partial charge in [0, 0.05) is 24.6 Å². The van der Waals surface area contributed by atoms with Crippen LogP contribution in [0.15, 0.2) is 29.3 Å². The minimum atomic E-state index is 0. The van der Waals surface area contributed by atoms with Gasteiger partial charge in [-0.2, -0.15) is 0 Å². The normalized spacial score (nSPS) is 11.1. The third-order valence-corrected chi connectivity index (χ3v) is 5.03. The van der Waals surface area contributed by atoms with Crippen molar-refractivity contribution in [2.45, 2.75) is 40.3 Å². The number of halogens is 1. The number of hydrogen-bond donors (Lipinski definition) is 2. The molecule has 6 nitrogen and oxygen atoms in total. The zero-order chi connectivity index (χ0) is 19.5. The van der Waals surface area contributed by atoms with Crippen LogP contribution in [-0.4, -0.2) is 37.8 Å². The summed E-state index contributed by atoms with van der Waals surface area (Å²) >= 11 is 1.72. The van der Waals surface area contributed by atoms with Crippen LogP contribution in [0.1, 0.15) is 34.5 Å². The van der Waals surface area contributed by atoms with E-state index in [9.17, 15) is 0 Å². The second kappa shape index (κ2) is 13.7. The second-order valence-electron chi connectivity index (χ2n) is 6.09. The number of hydrogen-bond acceptors (Lipinski definition) is 5. The molecular weight excluding hydrogens is 487 g/mol. The van der Waals surface area contributed by atoms with Gasteiger partial charge >= 0.3 is 0 Å². The molecule has 0 saturated carbocycles. The van der Waals surface area contributed by atoms with Crippen LogP contribution in [0.2, 0.25) is 0 Å². The van der Waals surface area contributed by atoms with Crippen molar-refractivity contribution >= 4 is 41.3 Å². The first kappa shape index (κ1) is 24.6. The van der Waals surface area contributed by atoms with E-state index in [1.165, 1.54) is 4.88 Å². The quantitative estimate of drug-likeness (QED) is 0.215. The molecular formula is C20H31IN4O2S. The summed E-state index contributed by atoms with van der Waals surface area (Å²) < 4.78 is 10.6. The van der Waals surface area contributed by atoms with Crippen LogP contribution in [0.3, 0.4) is 0 Å². The van der Waals surface area contributed by atoms with Crippen LogP contribution < -0.4 is 15.4 Å². The molecule has 2 N–H and O–H groups in total. The number of aromatic nitrogens is 1. The number of ether oxygens (including phenoxy) is 2. The van der Waals surface area contributed by atoms with Crippen LogP contribution in [0.5, 0.6) is 5.75 Å². The van der Waals surface area contributed by atoms with Gasteiger partial charge in [-0.05, 0) is 44.9 Å². The van der Waals surface area contributed by atoms with Crippen LogP contribution >= 0.6 is 35.3 Å². The predicted molar refractivity (Wildman–Crippen MR) is 127 cm³/mol. The molecule has 0 aliphatic rings. The summed E-state index contributed by atoms with van der Waals surface area (Å²) in [5, 5.41) is 7.89. The number of aryl methyl sites for hydroxylation is 2. The fraction of sp³-hybridized carbons (Fsp3) is 0.500. The Balaban J connectivity index is 0.00000392. The molecule has 1 aromatic carbocycles. The molecule has 1 aromatic heterocycles. The van der Waals surface area contributed by atoms with Crippen LogP contribution in [0, 0.1) is 13.8 Å². The summed E-state index contributed by atoms with van der Waals surface area (Å²) in [6.07, 6.45) is 0.940. The monoisotopic (exact) mass is 518 g/mol. The number of guanidine groups is 1. The van der Waals surface area contributed by atoms with Crippen LogP contribution in [0.25, 0.3) is 0 Å². The van der Waals surface area contributed by atoms with E-state index in [1.54, 1.807) is 18.4 Å². The molecule has 0 fully saturated rings. The van der Waals surface area contributed by atoms with Crippen LogP contribution in [-0.2, 0) is 17.8 Å². The number of aliphatic imine (C=N–C) groups is 1. The van der Waals surface area contributed by atoms with E-state index in [0.29, 0.717) is 6.54 Å². The number of benzene rings is 1. The molecule has 0 unspecified atom stereocenters. The van der Waals surface area contributed by atoms with Gasteiger partial charge in [0.15, 0.2) is 5.96 Å². The average Bonchev–Trinajstić information content (AvgIpc) is 3.00. The minimum absolute atomic E-state index is 0. The lowest BCUT2D eigenvalue weighted by Crippen LogP contribution is -2.37. The summed E-state index contributed by atoms with van der Waals surface area (Å²) in [4.78, 5) is 10.4. The fourth-order valence-electron chi connectivity index (χ4n) is 2.50. The lowest BCUT2D eigenvalue weighted by molar-refractivity contribution is 0.145. The van der Waals surface area contributed by atoms with Gasteiger partial charge in [-0.1, -0.05) is 12.1 Å². The number of nitrogens with one attached hydrogen (secondary N) is 2. The molecule has 2 aromatic rings. The van der Waals surface area contributed by atoms with Gasteiger partial charge in [-0.3, -0.25) is 0 Å². The molecule has 8 heteroatoms. The molecule has 1 heterocycles. The Labute approximate surface area is 189 Å². The van der Waals surface area contributed by atoms with E-state index in [-0.39, 0.29) is 24.0 Å². The smallest absolute Gasteiger partial charge is 0.191 e. The second-order valence-corrected chi connectivity index (χ2v) is 7.37. The molecule has 0 bridgehead atoms. The Morgan fingerprint density at radius 2 is 1.93 bits per heavy atom. The maximum Gasteiger partial charge on any atom is 0.191 e. The zero-order valence-corrected chi connectivity index (χ0v) is 20.2. The summed E-state index contributed by atoms with van der Waals surface area (Å²) in [6.45, 7) is 9.73. The molecule has 0 radical (unpaired) electrons. The lowest BCUT2D eigenvalue weighted by atomic mass is 10.2. The molecule has 0 atom stereocenters. The van der Waals surface area contributed by atoms with Gasteiger partial charge < -0.3 is 20.1 Å². The molecule has 28 heavy (non-hydrogen) atoms. The SMILES string of the molecule is CCOCCCNC(=NCc1ccc(OC)cc1)NCc1sc(C)nc1C.I. The molecule has 156 valence electrons. The Kier molecular flexibility index (Phi) is 12.1. The fourth-order valence-corrected chi connectivity index (χ4v) is 3.38. The molecule has 2 rings (SSSR count). The van der Waals surface area contributed by atoms with E-state index in [0.717, 1.165) is 60.7 Å². The van der Waals surface area contributed by atoms with E-state index >= 15 is 0 Å². The molecule has 0 aliphatic carbocycles. The highest BCUT2D eigenvalue weighted by atomic mass is 127. The molecule has 0 spiro atoms. The van der Waals surface area contributed by atoms with Gasteiger partial charge in [-0.25, -0.2) is 9.98 Å². The van der Waals surface area contributed by atoms with Gasteiger partial charge in [0.25, 0.3) is 0 Å². The van der Waals surface area contributed by atoms with E-state index in [2.05, 4.69) is 15.6 Å². The number of thiazole rings is 1. The minimum Gasteiger partial charge on any atom is -0.497 e. The molecule has 0 amide bonds. The van der Waals surface area contributed by atoms with Crippen molar-refractivity contribution in [3.63, 3.8) is 0 Å². The Morgan fingerprint density at radius 3 is 2.54 bits per heavy atom. The Morgan fingerprint density at radius 1 is 1.18 bits per heavy atom. The number of rotatable bonds is 10. The summed E-state index contributed by atoms with van der Waals surface area (Å²) in [7, 11) is 1.67. The standard InChI is InChI=1S/C20H30N4O2S.HI/c1-5-26-12-6-11-21-20(23-14-19-15(2)24-16(3)27-19)22-13-17-7-9-18(25-4)10-8-17;/h7-10H,5-6,11-14H2,1-4H3,(H2,21,22,23);1H. The predicted octanol–water partition coefficient (Wildman–Crippen LogP) is 4.05. The van der Waals surface area contributed by atoms with Crippen molar-refractivity contribution in [1.29, 1.82) is 0 Å². The highest BCUT2D eigenvalue weighted by Gasteiger charge is 2.06.